The van der Waals surface area contributed by atoms with Gasteiger partial charge in [-0.05, 0) is 67.8 Å². The zero-order valence-electron chi connectivity index (χ0n) is 28.2. The summed E-state index contributed by atoms with van der Waals surface area (Å²) in [6, 6.07) is 23.4. The van der Waals surface area contributed by atoms with Gasteiger partial charge in [0.15, 0.2) is 11.6 Å². The lowest BCUT2D eigenvalue weighted by Crippen LogP contribution is -2.29. The first-order valence-corrected chi connectivity index (χ1v) is 17.3. The van der Waals surface area contributed by atoms with E-state index < -0.39 is 53.2 Å². The molecule has 0 saturated heterocycles. The molecule has 9 nitrogen and oxygen atoms in total. The van der Waals surface area contributed by atoms with Crippen molar-refractivity contribution in [1.82, 2.24) is 0 Å². The quantitative estimate of drug-likeness (QED) is 0.0512. The molecule has 0 spiro atoms. The molecule has 1 heterocycles. The van der Waals surface area contributed by atoms with E-state index in [0.29, 0.717) is 11.4 Å². The van der Waals surface area contributed by atoms with E-state index >= 15 is 17.7 Å². The molecular weight excluding hydrogens is 678 g/mol. The van der Waals surface area contributed by atoms with Gasteiger partial charge in [0.05, 0.1) is 16.2 Å². The van der Waals surface area contributed by atoms with Crippen molar-refractivity contribution in [3.8, 4) is 0 Å². The minimum absolute atomic E-state index is 0.0590. The van der Waals surface area contributed by atoms with Crippen molar-refractivity contribution in [2.24, 2.45) is 5.11 Å². The van der Waals surface area contributed by atoms with E-state index in [0.717, 1.165) is 11.4 Å². The number of nitrogens with zero attached hydrogens (tertiary/aromatic N) is 5. The van der Waals surface area contributed by atoms with Crippen LogP contribution in [0.15, 0.2) is 113 Å². The van der Waals surface area contributed by atoms with Gasteiger partial charge in [0.1, 0.15) is 24.1 Å². The molecule has 0 aromatic heterocycles. The Labute approximate surface area is 292 Å². The van der Waals surface area contributed by atoms with E-state index in [2.05, 4.69) is 10.0 Å². The van der Waals surface area contributed by atoms with Gasteiger partial charge in [-0.1, -0.05) is 47.6 Å². The molecule has 4 aromatic carbocycles. The van der Waals surface area contributed by atoms with Crippen LogP contribution in [-0.2, 0) is 9.09 Å². The minimum Gasteiger partial charge on any atom is -0.478 e. The lowest BCUT2D eigenvalue weighted by Gasteiger charge is -2.37. The number of carboxylic acid groups (broad SMARTS) is 1. The van der Waals surface area contributed by atoms with Crippen molar-refractivity contribution in [2.45, 2.75) is 26.4 Å². The number of rotatable bonds is 7. The van der Waals surface area contributed by atoms with Crippen LogP contribution in [0.2, 0.25) is 0 Å². The monoisotopic (exact) mass is 710 g/mol. The maximum absolute atomic E-state index is 16.5. The van der Waals surface area contributed by atoms with Gasteiger partial charge in [-0.15, -0.1) is 0 Å². The van der Waals surface area contributed by atoms with Gasteiger partial charge in [-0.2, -0.15) is 4.58 Å². The van der Waals surface area contributed by atoms with E-state index in [9.17, 15) is 9.90 Å². The van der Waals surface area contributed by atoms with Crippen LogP contribution in [0, 0.1) is 17.5 Å². The van der Waals surface area contributed by atoms with Crippen molar-refractivity contribution in [2.75, 3.05) is 19.0 Å². The van der Waals surface area contributed by atoms with Crippen LogP contribution in [0.3, 0.4) is 0 Å². The second-order valence-corrected chi connectivity index (χ2v) is 15.1. The Morgan fingerprint density at radius 3 is 2.20 bits per heavy atom. The number of hydrogen-bond donors (Lipinski definition) is 1. The van der Waals surface area contributed by atoms with E-state index in [-0.39, 0.29) is 27.3 Å². The number of halogens is 3. The number of aromatic carboxylic acids is 1. The maximum Gasteiger partial charge on any atom is 0.339 e. The zero-order valence-corrected chi connectivity index (χ0v) is 29.1. The smallest absolute Gasteiger partial charge is 0.339 e. The fourth-order valence-electron chi connectivity index (χ4n) is 6.21. The van der Waals surface area contributed by atoms with Gasteiger partial charge in [0.2, 0.25) is 11.4 Å². The van der Waals surface area contributed by atoms with Crippen molar-refractivity contribution in [1.29, 1.82) is 0 Å². The lowest BCUT2D eigenvalue weighted by atomic mass is 9.86. The highest BCUT2D eigenvalue weighted by atomic mass is 31.2. The largest absolute Gasteiger partial charge is 0.478 e. The van der Waals surface area contributed by atoms with E-state index in [4.69, 9.17) is 10.1 Å². The molecular formula is C38H32F3N5O4P+. The topological polar surface area (TPSA) is 119 Å². The summed E-state index contributed by atoms with van der Waals surface area (Å²) in [5.74, 6) is -7.44. The molecule has 51 heavy (non-hydrogen) atoms. The van der Waals surface area contributed by atoms with Crippen LogP contribution in [0.5, 0.6) is 0 Å². The van der Waals surface area contributed by atoms with Gasteiger partial charge < -0.3 is 14.5 Å². The van der Waals surface area contributed by atoms with Gasteiger partial charge in [-0.3, -0.25) is 4.57 Å². The van der Waals surface area contributed by atoms with E-state index in [1.165, 1.54) is 12.1 Å². The van der Waals surface area contributed by atoms with Gasteiger partial charge >= 0.3 is 5.97 Å². The fraction of sp³-hybridized carbons (Fsp3) is 0.158. The summed E-state index contributed by atoms with van der Waals surface area (Å²) in [7, 11) is -0.590. The number of allylic oxidation sites excluding steroid dienone is 5. The average Bonchev–Trinajstić information content (AvgIpc) is 3.11. The molecule has 0 radical (unpaired) electrons. The Bertz CT molecular complexity index is 2340. The van der Waals surface area contributed by atoms with Crippen LogP contribution >= 0.6 is 7.37 Å². The molecule has 0 amide bonds. The second-order valence-electron chi connectivity index (χ2n) is 12.9. The van der Waals surface area contributed by atoms with Gasteiger partial charge in [0, 0.05) is 58.8 Å². The molecule has 1 unspecified atom stereocenters. The zero-order chi connectivity index (χ0) is 36.8. The molecule has 1 aliphatic heterocycles. The van der Waals surface area contributed by atoms with Crippen molar-refractivity contribution in [3.63, 3.8) is 0 Å². The van der Waals surface area contributed by atoms with Crippen LogP contribution in [0.4, 0.5) is 35.9 Å². The highest BCUT2D eigenvalue weighted by Crippen LogP contribution is 2.65. The molecule has 0 fully saturated rings. The summed E-state index contributed by atoms with van der Waals surface area (Å²) < 4.78 is 71.4. The van der Waals surface area contributed by atoms with Crippen LogP contribution < -0.4 is 10.2 Å². The van der Waals surface area contributed by atoms with Crippen molar-refractivity contribution in [3.05, 3.63) is 153 Å². The standard InChI is InChI=1S/C38H31F3N5O4P/c1-38(2,3)50-51(49)28-20-24(45(4)22-12-8-6-9-13-22)16-18-26(28)30(31-32(37(47)48)33(39)35(41)36(34(31)40)43-44-42)27-19-17-25(21-29(27)51)46(5)23-14-10-7-11-15-23/h6-21H,1-5H3/p+1. The number of anilines is 2. The first kappa shape index (κ1) is 35.2. The Kier molecular flexibility index (Phi) is 9.12. The van der Waals surface area contributed by atoms with Gasteiger partial charge in [0.25, 0.3) is 7.37 Å². The summed E-state index contributed by atoms with van der Waals surface area (Å²) in [5.41, 5.74) is 7.16. The summed E-state index contributed by atoms with van der Waals surface area (Å²) >= 11 is 0. The van der Waals surface area contributed by atoms with Crippen LogP contribution in [-0.4, -0.2) is 41.1 Å². The predicted octanol–water partition coefficient (Wildman–Crippen LogP) is 9.91. The van der Waals surface area contributed by atoms with Gasteiger partial charge in [-0.25, -0.2) is 18.0 Å². The lowest BCUT2D eigenvalue weighted by molar-refractivity contribution is -0.403. The minimum atomic E-state index is -4.18. The van der Waals surface area contributed by atoms with E-state index in [1.54, 1.807) is 59.2 Å². The molecule has 258 valence electrons. The molecule has 0 bridgehead atoms. The fourth-order valence-corrected chi connectivity index (χ4v) is 9.05. The number of para-hydroxylation sites is 2. The third-order valence-electron chi connectivity index (χ3n) is 8.51. The number of azide groups is 1. The summed E-state index contributed by atoms with van der Waals surface area (Å²) in [6.45, 7) is 5.19. The molecule has 1 atom stereocenters. The molecule has 1 aliphatic carbocycles. The third kappa shape index (κ3) is 6.18. The molecule has 1 N–H and O–H groups in total. The Hall–Kier alpha value is -5.67. The Balaban J connectivity index is 1.78. The summed E-state index contributed by atoms with van der Waals surface area (Å²) in [5, 5.41) is 13.4. The highest BCUT2D eigenvalue weighted by molar-refractivity contribution is 7.71. The SMILES string of the molecule is CN(c1ccccc1)c1ccc2c(c1)P(=O)(OC(C)(C)C)C1=CC(=[N+](C)c3ccccc3)C=CC1=C2c1c(F)c(N=[N+]=[N-])c(F)c(F)c1C(=O)O. The van der Waals surface area contributed by atoms with E-state index in [1.807, 2.05) is 70.1 Å². The van der Waals surface area contributed by atoms with Crippen LogP contribution in [0.1, 0.15) is 42.3 Å². The maximum atomic E-state index is 16.5. The average molecular weight is 711 g/mol. The second kappa shape index (κ2) is 13.2. The number of carbonyl (C=O) groups is 1. The predicted molar refractivity (Wildman–Crippen MR) is 192 cm³/mol. The normalized spacial score (nSPS) is 17.6. The number of carboxylic acids is 1. The van der Waals surface area contributed by atoms with Crippen molar-refractivity contribution >= 4 is 52.7 Å². The third-order valence-corrected chi connectivity index (χ3v) is 11.3. The first-order valence-electron chi connectivity index (χ1n) is 15.7. The summed E-state index contributed by atoms with van der Waals surface area (Å²) in [6.07, 6.45) is 4.78. The molecule has 2 aliphatic rings. The number of hydrogen-bond acceptors (Lipinski definition) is 5. The Morgan fingerprint density at radius 2 is 1.59 bits per heavy atom. The first-order chi connectivity index (χ1) is 24.2. The van der Waals surface area contributed by atoms with Crippen LogP contribution in [0.25, 0.3) is 16.0 Å². The molecule has 6 rings (SSSR count). The molecule has 13 heteroatoms. The number of fused-ring (bicyclic) bond motifs is 2. The number of benzene rings is 4. The Morgan fingerprint density at radius 1 is 0.941 bits per heavy atom. The summed E-state index contributed by atoms with van der Waals surface area (Å²) in [4.78, 5) is 16.9. The van der Waals surface area contributed by atoms with Crippen molar-refractivity contribution < 1.29 is 36.7 Å². The highest BCUT2D eigenvalue weighted by Gasteiger charge is 2.47. The molecule has 4 aromatic rings. The molecule has 0 saturated carbocycles.